The summed E-state index contributed by atoms with van der Waals surface area (Å²) in [6, 6.07) is 9.63. The second kappa shape index (κ2) is 8.65. The molecule has 5 atom stereocenters. The fraction of sp³-hybridized carbons (Fsp3) is 0.364. The molecule has 3 unspecified atom stereocenters. The highest BCUT2D eigenvalue weighted by Crippen LogP contribution is 2.40. The monoisotopic (exact) mass is 436 g/mol. The zero-order chi connectivity index (χ0) is 22.1. The fourth-order valence-electron chi connectivity index (χ4n) is 3.99. The third-order valence-corrected chi connectivity index (χ3v) is 5.45. The Labute approximate surface area is 184 Å². The zero-order valence-electron chi connectivity index (χ0n) is 17.7. The van der Waals surface area contributed by atoms with Crippen molar-refractivity contribution in [3.05, 3.63) is 54.6 Å². The van der Waals surface area contributed by atoms with E-state index in [0.717, 1.165) is 5.56 Å². The molecule has 10 nitrogen and oxygen atoms in total. The predicted octanol–water partition coefficient (Wildman–Crippen LogP) is 2.71. The van der Waals surface area contributed by atoms with Gasteiger partial charge in [-0.25, -0.2) is 19.7 Å². The topological polar surface area (TPSA) is 112 Å². The molecule has 2 aliphatic rings. The number of carbonyl (C=O) groups is 1. The molecule has 166 valence electrons. The van der Waals surface area contributed by atoms with Crippen LogP contribution in [0.2, 0.25) is 0 Å². The van der Waals surface area contributed by atoms with Gasteiger partial charge in [0.1, 0.15) is 18.5 Å². The number of fused-ring (bicyclic) bond motifs is 2. The molecule has 4 heterocycles. The van der Waals surface area contributed by atoms with Gasteiger partial charge >= 0.3 is 6.03 Å². The summed E-state index contributed by atoms with van der Waals surface area (Å²) in [5.41, 5.74) is 2.08. The summed E-state index contributed by atoms with van der Waals surface area (Å²) in [5.74, 6) is 0.328. The van der Waals surface area contributed by atoms with Gasteiger partial charge in [-0.3, -0.25) is 9.88 Å². The number of rotatable bonds is 5. The minimum atomic E-state index is -0.474. The van der Waals surface area contributed by atoms with Crippen LogP contribution in [0.25, 0.3) is 17.2 Å². The number of urea groups is 1. The number of hydrogen-bond donors (Lipinski definition) is 2. The largest absolute Gasteiger partial charge is 0.349 e. The lowest BCUT2D eigenvalue weighted by Crippen LogP contribution is -2.29. The van der Waals surface area contributed by atoms with E-state index in [2.05, 4.69) is 25.6 Å². The molecule has 2 fully saturated rings. The number of hydrogen-bond acceptors (Lipinski definition) is 7. The predicted molar refractivity (Wildman–Crippen MR) is 117 cm³/mol. The van der Waals surface area contributed by atoms with Crippen molar-refractivity contribution in [2.75, 3.05) is 11.9 Å². The molecule has 0 bridgehead atoms. The smallest absolute Gasteiger partial charge is 0.320 e. The van der Waals surface area contributed by atoms with E-state index in [1.165, 1.54) is 6.33 Å². The Hall–Kier alpha value is -3.34. The van der Waals surface area contributed by atoms with Crippen molar-refractivity contribution >= 4 is 29.1 Å². The van der Waals surface area contributed by atoms with Crippen LogP contribution in [0.4, 0.5) is 10.6 Å². The van der Waals surface area contributed by atoms with Crippen molar-refractivity contribution in [1.82, 2.24) is 24.8 Å². The van der Waals surface area contributed by atoms with Gasteiger partial charge in [0, 0.05) is 6.54 Å². The summed E-state index contributed by atoms with van der Waals surface area (Å²) in [7, 11) is 0. The van der Waals surface area contributed by atoms with Crippen LogP contribution < -0.4 is 10.6 Å². The van der Waals surface area contributed by atoms with Crippen LogP contribution in [0.5, 0.6) is 0 Å². The Balaban J connectivity index is 1.37. The summed E-state index contributed by atoms with van der Waals surface area (Å²) < 4.78 is 20.2. The van der Waals surface area contributed by atoms with Crippen molar-refractivity contribution in [3.8, 4) is 0 Å². The lowest BCUT2D eigenvalue weighted by atomic mass is 10.1. The summed E-state index contributed by atoms with van der Waals surface area (Å²) in [6.07, 6.45) is 5.22. The molecule has 32 heavy (non-hydrogen) atoms. The SMILES string of the molecule is CCNC(=O)Nc1ncnc2c1ncn2C1OC(C)[C@H]2O[C@@H](C=Cc3ccccc3)OC12. The maximum Gasteiger partial charge on any atom is 0.320 e. The third kappa shape index (κ3) is 3.83. The van der Waals surface area contributed by atoms with Crippen LogP contribution in [-0.4, -0.2) is 56.7 Å². The first kappa shape index (κ1) is 20.6. The number of nitrogens with one attached hydrogen (secondary N) is 2. The lowest BCUT2D eigenvalue weighted by molar-refractivity contribution is -0.121. The zero-order valence-corrected chi connectivity index (χ0v) is 17.7. The van der Waals surface area contributed by atoms with Gasteiger partial charge in [-0.05, 0) is 25.5 Å². The molecule has 5 rings (SSSR count). The van der Waals surface area contributed by atoms with Gasteiger partial charge in [0.25, 0.3) is 0 Å². The van der Waals surface area contributed by atoms with E-state index in [4.69, 9.17) is 14.2 Å². The number of carbonyl (C=O) groups excluding carboxylic acids is 1. The molecule has 10 heteroatoms. The van der Waals surface area contributed by atoms with Crippen LogP contribution >= 0.6 is 0 Å². The van der Waals surface area contributed by atoms with E-state index in [1.54, 1.807) is 10.9 Å². The Kier molecular flexibility index (Phi) is 5.56. The molecular formula is C22H24N6O4. The summed E-state index contributed by atoms with van der Waals surface area (Å²) in [6.45, 7) is 4.30. The van der Waals surface area contributed by atoms with Gasteiger partial charge in [-0.2, -0.15) is 0 Å². The molecule has 0 radical (unpaired) electrons. The highest BCUT2D eigenvalue weighted by Gasteiger charge is 2.51. The van der Waals surface area contributed by atoms with E-state index in [1.807, 2.05) is 56.3 Å². The van der Waals surface area contributed by atoms with Crippen LogP contribution in [-0.2, 0) is 14.2 Å². The minimum Gasteiger partial charge on any atom is -0.349 e. The number of amides is 2. The summed E-state index contributed by atoms with van der Waals surface area (Å²) in [4.78, 5) is 24.9. The minimum absolute atomic E-state index is 0.174. The first-order chi connectivity index (χ1) is 15.6. The first-order valence-electron chi connectivity index (χ1n) is 10.6. The number of imidazole rings is 1. The van der Waals surface area contributed by atoms with Gasteiger partial charge in [0.05, 0.1) is 12.4 Å². The van der Waals surface area contributed by atoms with Crippen molar-refractivity contribution in [3.63, 3.8) is 0 Å². The average Bonchev–Trinajstić information content (AvgIpc) is 3.48. The number of aromatic nitrogens is 4. The molecule has 0 aliphatic carbocycles. The second-order valence-electron chi connectivity index (χ2n) is 7.60. The van der Waals surface area contributed by atoms with E-state index in [-0.39, 0.29) is 24.3 Å². The molecular weight excluding hydrogens is 412 g/mol. The molecule has 2 amide bonds. The molecule has 3 aromatic rings. The van der Waals surface area contributed by atoms with Gasteiger partial charge in [0.15, 0.2) is 29.5 Å². The average molecular weight is 436 g/mol. The Bertz CT molecular complexity index is 1130. The molecule has 1 aromatic carbocycles. The van der Waals surface area contributed by atoms with Gasteiger partial charge in [0.2, 0.25) is 0 Å². The van der Waals surface area contributed by atoms with Gasteiger partial charge < -0.3 is 19.5 Å². The Morgan fingerprint density at radius 3 is 2.75 bits per heavy atom. The highest BCUT2D eigenvalue weighted by molar-refractivity contribution is 5.95. The van der Waals surface area contributed by atoms with Crippen molar-refractivity contribution in [1.29, 1.82) is 0 Å². The van der Waals surface area contributed by atoms with Crippen LogP contribution in [0.15, 0.2) is 49.1 Å². The molecule has 0 saturated carbocycles. The van der Waals surface area contributed by atoms with Crippen LogP contribution in [0.1, 0.15) is 25.6 Å². The number of benzene rings is 1. The van der Waals surface area contributed by atoms with Crippen LogP contribution in [0, 0.1) is 0 Å². The summed E-state index contributed by atoms with van der Waals surface area (Å²) in [5, 5.41) is 5.37. The highest BCUT2D eigenvalue weighted by atomic mass is 16.8. The molecule has 2 saturated heterocycles. The molecule has 2 N–H and O–H groups in total. The van der Waals surface area contributed by atoms with E-state index in [9.17, 15) is 4.79 Å². The number of nitrogens with zero attached hydrogens (tertiary/aromatic N) is 4. The quantitative estimate of drug-likeness (QED) is 0.632. The fourth-order valence-corrected chi connectivity index (χ4v) is 3.99. The van der Waals surface area contributed by atoms with E-state index < -0.39 is 12.5 Å². The second-order valence-corrected chi connectivity index (χ2v) is 7.60. The normalized spacial score (nSPS) is 27.1. The summed E-state index contributed by atoms with van der Waals surface area (Å²) >= 11 is 0. The van der Waals surface area contributed by atoms with Crippen LogP contribution in [0.3, 0.4) is 0 Å². The molecule has 2 aromatic heterocycles. The Morgan fingerprint density at radius 2 is 1.94 bits per heavy atom. The first-order valence-corrected chi connectivity index (χ1v) is 10.6. The Morgan fingerprint density at radius 1 is 1.12 bits per heavy atom. The molecule has 2 aliphatic heterocycles. The van der Waals surface area contributed by atoms with E-state index in [0.29, 0.717) is 23.5 Å². The molecule has 0 spiro atoms. The third-order valence-electron chi connectivity index (χ3n) is 5.45. The maximum atomic E-state index is 11.9. The van der Waals surface area contributed by atoms with E-state index >= 15 is 0 Å². The number of anilines is 1. The standard InChI is InChI=1S/C22H24N6O4/c1-3-23-22(29)27-19-16-20(25-11-24-19)28(12-26-16)21-18-17(13(2)30-21)31-15(32-18)10-9-14-7-5-4-6-8-14/h4-13,15,17-18,21H,3H2,1-2H3,(H2,23,24,25,27,29)/t13?,15-,17-,18?,21?/m1/s1. The van der Waals surface area contributed by atoms with Gasteiger partial charge in [-0.15, -0.1) is 0 Å². The number of ether oxygens (including phenoxy) is 3. The van der Waals surface area contributed by atoms with Crippen molar-refractivity contribution in [2.24, 2.45) is 0 Å². The van der Waals surface area contributed by atoms with Crippen molar-refractivity contribution < 1.29 is 19.0 Å². The van der Waals surface area contributed by atoms with Crippen molar-refractivity contribution in [2.45, 2.75) is 44.7 Å². The lowest BCUT2D eigenvalue weighted by Gasteiger charge is -2.19. The maximum absolute atomic E-state index is 11.9. The van der Waals surface area contributed by atoms with Gasteiger partial charge in [-0.1, -0.05) is 36.4 Å².